The third-order valence-corrected chi connectivity index (χ3v) is 9.27. The van der Waals surface area contributed by atoms with Crippen molar-refractivity contribution in [3.8, 4) is 0 Å². The van der Waals surface area contributed by atoms with Gasteiger partial charge in [-0.25, -0.2) is 8.42 Å². The number of rotatable bonds is 5. The minimum absolute atomic E-state index is 0.152. The third kappa shape index (κ3) is 4.51. The third-order valence-electron chi connectivity index (χ3n) is 5.91. The Kier molecular flexibility index (Phi) is 6.48. The van der Waals surface area contributed by atoms with Gasteiger partial charge in [-0.2, -0.15) is 4.99 Å². The van der Waals surface area contributed by atoms with Crippen LogP contribution in [0.15, 0.2) is 93.7 Å². The van der Waals surface area contributed by atoms with Crippen molar-refractivity contribution < 1.29 is 13.2 Å². The number of sulfonamides is 1. The first-order chi connectivity index (χ1) is 16.9. The van der Waals surface area contributed by atoms with E-state index < -0.39 is 15.9 Å². The van der Waals surface area contributed by atoms with E-state index in [1.807, 2.05) is 47.0 Å². The second-order valence-electron chi connectivity index (χ2n) is 8.15. The normalized spacial score (nSPS) is 14.2. The van der Waals surface area contributed by atoms with Gasteiger partial charge in [0, 0.05) is 23.1 Å². The van der Waals surface area contributed by atoms with Gasteiger partial charge in [-0.15, -0.1) is 6.58 Å². The number of aryl methyl sites for hydroxylation is 1. The monoisotopic (exact) mass is 567 g/mol. The number of allylic oxidation sites excluding steroid dienone is 1. The molecule has 9 heteroatoms. The number of nitrogens with zero attached hydrogens (tertiary/aromatic N) is 3. The number of hydrogen-bond acceptors (Lipinski definition) is 4. The zero-order chi connectivity index (χ0) is 24.6. The summed E-state index contributed by atoms with van der Waals surface area (Å²) in [5, 5.41) is 0. The lowest BCUT2D eigenvalue weighted by Crippen LogP contribution is -2.35. The van der Waals surface area contributed by atoms with Gasteiger partial charge in [-0.05, 0) is 66.9 Å². The van der Waals surface area contributed by atoms with Gasteiger partial charge < -0.3 is 4.57 Å². The molecule has 35 heavy (non-hydrogen) atoms. The Labute approximate surface area is 216 Å². The average Bonchev–Trinajstić information content (AvgIpc) is 3.19. The van der Waals surface area contributed by atoms with Crippen molar-refractivity contribution in [2.75, 3.05) is 10.8 Å². The molecule has 0 unspecified atom stereocenters. The Morgan fingerprint density at radius 3 is 2.66 bits per heavy atom. The molecule has 2 heterocycles. The number of fused-ring (bicyclic) bond motifs is 2. The number of carbonyl (C=O) groups excluding carboxylic acids is 1. The molecule has 0 saturated heterocycles. The second kappa shape index (κ2) is 9.56. The molecule has 5 rings (SSSR count). The summed E-state index contributed by atoms with van der Waals surface area (Å²) in [6.45, 7) is 4.76. The molecule has 6 nitrogen and oxygen atoms in total. The van der Waals surface area contributed by atoms with E-state index in [1.54, 1.807) is 6.08 Å². The van der Waals surface area contributed by atoms with Crippen LogP contribution in [0.4, 0.5) is 5.69 Å². The molecule has 0 atom stereocenters. The van der Waals surface area contributed by atoms with Gasteiger partial charge in [0.05, 0.1) is 20.8 Å². The van der Waals surface area contributed by atoms with Crippen LogP contribution in [-0.4, -0.2) is 25.4 Å². The fraction of sp³-hybridized carbons (Fsp3) is 0.154. The van der Waals surface area contributed by atoms with E-state index in [0.29, 0.717) is 23.5 Å². The quantitative estimate of drug-likeness (QED) is 0.297. The number of thiazole rings is 1. The van der Waals surface area contributed by atoms with Crippen molar-refractivity contribution in [2.45, 2.75) is 24.3 Å². The van der Waals surface area contributed by atoms with Crippen LogP contribution < -0.4 is 9.11 Å². The molecule has 0 bridgehead atoms. The standard InChI is InChI=1S/C26H22BrN3O3S2/c1-2-15-29-23-14-11-20(27)17-24(23)34-26(29)28-25(31)19-9-12-21(13-10-19)35(32,33)30-16-5-7-18-6-3-4-8-22(18)30/h2-4,6,8-14,17H,1,5,7,15-16H2. The predicted octanol–water partition coefficient (Wildman–Crippen LogP) is 5.53. The molecule has 0 spiro atoms. The number of halogens is 1. The lowest BCUT2D eigenvalue weighted by molar-refractivity contribution is 0.0998. The summed E-state index contributed by atoms with van der Waals surface area (Å²) in [6, 6.07) is 19.5. The topological polar surface area (TPSA) is 71.7 Å². The molecule has 0 saturated carbocycles. The predicted molar refractivity (Wildman–Crippen MR) is 143 cm³/mol. The van der Waals surface area contributed by atoms with E-state index in [2.05, 4.69) is 27.5 Å². The highest BCUT2D eigenvalue weighted by Gasteiger charge is 2.29. The molecular weight excluding hydrogens is 546 g/mol. The number of anilines is 1. The van der Waals surface area contributed by atoms with Gasteiger partial charge in [-0.3, -0.25) is 9.10 Å². The molecule has 4 aromatic rings. The van der Waals surface area contributed by atoms with Crippen LogP contribution in [-0.2, 0) is 23.0 Å². The fourth-order valence-corrected chi connectivity index (χ4v) is 7.37. The van der Waals surface area contributed by atoms with Crippen LogP contribution in [0.25, 0.3) is 10.2 Å². The van der Waals surface area contributed by atoms with E-state index in [1.165, 1.54) is 39.9 Å². The summed E-state index contributed by atoms with van der Waals surface area (Å²) in [5.74, 6) is -0.430. The Morgan fingerprint density at radius 1 is 1.11 bits per heavy atom. The fourth-order valence-electron chi connectivity index (χ4n) is 4.23. The van der Waals surface area contributed by atoms with E-state index in [-0.39, 0.29) is 4.90 Å². The Balaban J connectivity index is 1.47. The molecular formula is C26H22BrN3O3S2. The maximum atomic E-state index is 13.4. The largest absolute Gasteiger partial charge is 0.312 e. The van der Waals surface area contributed by atoms with Crippen molar-refractivity contribution in [1.29, 1.82) is 0 Å². The van der Waals surface area contributed by atoms with Crippen molar-refractivity contribution in [3.63, 3.8) is 0 Å². The Hall–Kier alpha value is -3.01. The smallest absolute Gasteiger partial charge is 0.279 e. The average molecular weight is 569 g/mol. The van der Waals surface area contributed by atoms with Crippen molar-refractivity contribution in [3.05, 3.63) is 99.8 Å². The Bertz CT molecular complexity index is 1620. The zero-order valence-corrected chi connectivity index (χ0v) is 21.9. The van der Waals surface area contributed by atoms with Gasteiger partial charge in [0.25, 0.3) is 15.9 Å². The molecule has 0 aliphatic carbocycles. The molecule has 0 radical (unpaired) electrons. The minimum atomic E-state index is -3.74. The SMILES string of the molecule is C=CCn1c(=NC(=O)c2ccc(S(=O)(=O)N3CCCc4ccccc43)cc2)sc2cc(Br)ccc21. The minimum Gasteiger partial charge on any atom is -0.312 e. The summed E-state index contributed by atoms with van der Waals surface area (Å²) in [7, 11) is -3.74. The lowest BCUT2D eigenvalue weighted by atomic mass is 10.0. The zero-order valence-electron chi connectivity index (χ0n) is 18.7. The molecule has 1 aliphatic rings. The molecule has 1 aliphatic heterocycles. The first kappa shape index (κ1) is 23.7. The summed E-state index contributed by atoms with van der Waals surface area (Å²) in [5.41, 5.74) is 3.04. The molecule has 1 aromatic heterocycles. The van der Waals surface area contributed by atoms with E-state index >= 15 is 0 Å². The number of amides is 1. The number of hydrogen-bond donors (Lipinski definition) is 0. The van der Waals surface area contributed by atoms with Crippen molar-refractivity contribution in [1.82, 2.24) is 4.57 Å². The molecule has 0 fully saturated rings. The number of benzene rings is 3. The Morgan fingerprint density at radius 2 is 1.89 bits per heavy atom. The maximum Gasteiger partial charge on any atom is 0.279 e. The molecule has 3 aromatic carbocycles. The number of para-hydroxylation sites is 1. The summed E-state index contributed by atoms with van der Waals surface area (Å²) >= 11 is 4.90. The second-order valence-corrected chi connectivity index (χ2v) is 11.9. The van der Waals surface area contributed by atoms with Crippen LogP contribution in [0.1, 0.15) is 22.3 Å². The maximum absolute atomic E-state index is 13.4. The first-order valence-corrected chi connectivity index (χ1v) is 14.1. The number of carbonyl (C=O) groups is 1. The molecule has 1 amide bonds. The highest BCUT2D eigenvalue weighted by molar-refractivity contribution is 9.10. The van der Waals surface area contributed by atoms with Crippen molar-refractivity contribution >= 4 is 59.1 Å². The highest BCUT2D eigenvalue weighted by atomic mass is 79.9. The first-order valence-electron chi connectivity index (χ1n) is 11.1. The van der Waals surface area contributed by atoms with E-state index in [0.717, 1.165) is 38.8 Å². The lowest BCUT2D eigenvalue weighted by Gasteiger charge is -2.30. The molecule has 178 valence electrons. The van der Waals surface area contributed by atoms with Crippen LogP contribution in [0, 0.1) is 0 Å². The van der Waals surface area contributed by atoms with Crippen LogP contribution in [0.2, 0.25) is 0 Å². The van der Waals surface area contributed by atoms with Gasteiger partial charge >= 0.3 is 0 Å². The van der Waals surface area contributed by atoms with Crippen LogP contribution in [0.5, 0.6) is 0 Å². The van der Waals surface area contributed by atoms with E-state index in [4.69, 9.17) is 0 Å². The van der Waals surface area contributed by atoms with Gasteiger partial charge in [0.1, 0.15) is 0 Å². The summed E-state index contributed by atoms with van der Waals surface area (Å²) < 4.78 is 32.1. The van der Waals surface area contributed by atoms with E-state index in [9.17, 15) is 13.2 Å². The van der Waals surface area contributed by atoms with Crippen LogP contribution in [0.3, 0.4) is 0 Å². The molecule has 0 N–H and O–H groups in total. The highest BCUT2D eigenvalue weighted by Crippen LogP contribution is 2.32. The van der Waals surface area contributed by atoms with Gasteiger partial charge in [-0.1, -0.05) is 51.5 Å². The summed E-state index contributed by atoms with van der Waals surface area (Å²) in [6.07, 6.45) is 3.38. The van der Waals surface area contributed by atoms with Gasteiger partial charge in [0.2, 0.25) is 0 Å². The van der Waals surface area contributed by atoms with Gasteiger partial charge in [0.15, 0.2) is 4.80 Å². The summed E-state index contributed by atoms with van der Waals surface area (Å²) in [4.78, 5) is 18.0. The number of aromatic nitrogens is 1. The van der Waals surface area contributed by atoms with Crippen LogP contribution >= 0.6 is 27.3 Å². The van der Waals surface area contributed by atoms with Crippen molar-refractivity contribution in [2.24, 2.45) is 4.99 Å².